The number of nitrogens with zero attached hydrogens (tertiary/aromatic N) is 1. The van der Waals surface area contributed by atoms with Crippen LogP contribution in [-0.2, 0) is 23.2 Å². The summed E-state index contributed by atoms with van der Waals surface area (Å²) >= 11 is 0. The summed E-state index contributed by atoms with van der Waals surface area (Å²) in [5, 5.41) is 3.21. The fourth-order valence-electron chi connectivity index (χ4n) is 6.92. The largest absolute Gasteiger partial charge is 0.372 e. The quantitative estimate of drug-likeness (QED) is 0.156. The third-order valence-electron chi connectivity index (χ3n) is 9.72. The van der Waals surface area contributed by atoms with Gasteiger partial charge in [-0.15, -0.1) is 0 Å². The van der Waals surface area contributed by atoms with Crippen LogP contribution in [0.15, 0.2) is 133 Å². The lowest BCUT2D eigenvalue weighted by Gasteiger charge is -2.37. The number of carbonyl (C=O) groups excluding carboxylic acids is 2. The minimum Gasteiger partial charge on any atom is -0.372 e. The minimum atomic E-state index is -0.176. The van der Waals surface area contributed by atoms with Crippen molar-refractivity contribution in [3.05, 3.63) is 161 Å². The lowest BCUT2D eigenvalue weighted by molar-refractivity contribution is -0.124. The van der Waals surface area contributed by atoms with Crippen LogP contribution >= 0.6 is 0 Å². The summed E-state index contributed by atoms with van der Waals surface area (Å²) in [7, 11) is 0. The molecule has 0 spiro atoms. The van der Waals surface area contributed by atoms with E-state index in [1.807, 2.05) is 72.8 Å². The second-order valence-electron chi connectivity index (χ2n) is 14.1. The number of piperidine rings is 1. The molecule has 1 atom stereocenters. The zero-order valence-corrected chi connectivity index (χ0v) is 28.4. The number of rotatable bonds is 10. The number of anilines is 1. The summed E-state index contributed by atoms with van der Waals surface area (Å²) in [6.45, 7) is 8.95. The molecule has 0 aliphatic carbocycles. The fraction of sp³-hybridized carbons (Fsp3) is 0.273. The van der Waals surface area contributed by atoms with Crippen molar-refractivity contribution in [3.63, 3.8) is 0 Å². The molecule has 48 heavy (non-hydrogen) atoms. The molecule has 0 saturated carbocycles. The smallest absolute Gasteiger partial charge is 0.228 e. The maximum atomic E-state index is 13.6. The van der Waals surface area contributed by atoms with Crippen molar-refractivity contribution in [2.75, 3.05) is 18.0 Å². The van der Waals surface area contributed by atoms with Gasteiger partial charge in [-0.1, -0.05) is 142 Å². The molecule has 1 saturated heterocycles. The Morgan fingerprint density at radius 3 is 1.96 bits per heavy atom. The summed E-state index contributed by atoms with van der Waals surface area (Å²) in [5.74, 6) is 0.309. The van der Waals surface area contributed by atoms with E-state index in [1.165, 1.54) is 5.56 Å². The van der Waals surface area contributed by atoms with Gasteiger partial charge in [0.05, 0.1) is 5.92 Å². The van der Waals surface area contributed by atoms with Gasteiger partial charge >= 0.3 is 0 Å². The van der Waals surface area contributed by atoms with E-state index < -0.39 is 0 Å². The number of benzene rings is 5. The predicted octanol–water partition coefficient (Wildman–Crippen LogP) is 9.39. The maximum Gasteiger partial charge on any atom is 0.228 e. The summed E-state index contributed by atoms with van der Waals surface area (Å²) in [4.78, 5) is 29.6. The van der Waals surface area contributed by atoms with E-state index in [-0.39, 0.29) is 28.9 Å². The van der Waals surface area contributed by atoms with Crippen molar-refractivity contribution in [1.82, 2.24) is 5.32 Å². The molecule has 6 rings (SSSR count). The lowest BCUT2D eigenvalue weighted by Crippen LogP contribution is -2.40. The molecule has 5 aromatic carbocycles. The van der Waals surface area contributed by atoms with E-state index in [0.29, 0.717) is 13.0 Å². The van der Waals surface area contributed by atoms with Gasteiger partial charge in [-0.05, 0) is 69.7 Å². The van der Waals surface area contributed by atoms with E-state index >= 15 is 0 Å². The van der Waals surface area contributed by atoms with E-state index in [9.17, 15) is 9.59 Å². The molecule has 0 bridgehead atoms. The number of nitrogens with one attached hydrogen (secondary N) is 1. The number of Topliss-reactive ketones (excluding diaryl/α,β-unsaturated/α-hetero) is 1. The maximum absolute atomic E-state index is 13.6. The Hall–Kier alpha value is -4.96. The molecule has 1 aliphatic rings. The molecule has 4 heteroatoms. The van der Waals surface area contributed by atoms with Gasteiger partial charge in [-0.25, -0.2) is 0 Å². The van der Waals surface area contributed by atoms with Gasteiger partial charge in [0.2, 0.25) is 5.91 Å². The molecule has 1 unspecified atom stereocenters. The summed E-state index contributed by atoms with van der Waals surface area (Å²) < 4.78 is 0. The monoisotopic (exact) mass is 634 g/mol. The van der Waals surface area contributed by atoms with Crippen molar-refractivity contribution >= 4 is 17.4 Å². The van der Waals surface area contributed by atoms with Gasteiger partial charge in [0.1, 0.15) is 0 Å². The van der Waals surface area contributed by atoms with Crippen LogP contribution in [0.5, 0.6) is 0 Å². The zero-order valence-electron chi connectivity index (χ0n) is 28.4. The predicted molar refractivity (Wildman–Crippen MR) is 197 cm³/mol. The molecule has 0 radical (unpaired) electrons. The Kier molecular flexibility index (Phi) is 10.2. The Balaban J connectivity index is 1.08. The highest BCUT2D eigenvalue weighted by molar-refractivity contribution is 6.03. The number of hydrogen-bond donors (Lipinski definition) is 1. The van der Waals surface area contributed by atoms with Crippen LogP contribution in [-0.4, -0.2) is 24.8 Å². The van der Waals surface area contributed by atoms with Crippen LogP contribution in [0.25, 0.3) is 11.1 Å². The molecule has 5 aromatic rings. The molecule has 1 N–H and O–H groups in total. The van der Waals surface area contributed by atoms with Crippen molar-refractivity contribution in [2.45, 2.75) is 57.9 Å². The first-order valence-corrected chi connectivity index (χ1v) is 17.2. The van der Waals surface area contributed by atoms with E-state index in [2.05, 4.69) is 91.7 Å². The Morgan fingerprint density at radius 2 is 1.31 bits per heavy atom. The third-order valence-corrected chi connectivity index (χ3v) is 9.72. The van der Waals surface area contributed by atoms with Gasteiger partial charge < -0.3 is 10.2 Å². The summed E-state index contributed by atoms with van der Waals surface area (Å²) in [6.07, 6.45) is 2.23. The Labute approximate surface area is 285 Å². The molecule has 1 aliphatic heterocycles. The van der Waals surface area contributed by atoms with Gasteiger partial charge in [0, 0.05) is 37.3 Å². The highest BCUT2D eigenvalue weighted by Crippen LogP contribution is 2.35. The van der Waals surface area contributed by atoms with Crippen molar-refractivity contribution in [1.29, 1.82) is 0 Å². The van der Waals surface area contributed by atoms with Crippen LogP contribution in [0.3, 0.4) is 0 Å². The molecular weight excluding hydrogens is 588 g/mol. The molecule has 244 valence electrons. The van der Waals surface area contributed by atoms with Gasteiger partial charge in [-0.3, -0.25) is 9.59 Å². The molecule has 1 fully saturated rings. The lowest BCUT2D eigenvalue weighted by atomic mass is 9.79. The first-order chi connectivity index (χ1) is 23.3. The molecule has 1 amide bonds. The Bertz CT molecular complexity index is 1800. The third kappa shape index (κ3) is 7.94. The van der Waals surface area contributed by atoms with Crippen molar-refractivity contribution < 1.29 is 9.59 Å². The topological polar surface area (TPSA) is 49.4 Å². The van der Waals surface area contributed by atoms with Crippen LogP contribution in [0.4, 0.5) is 5.69 Å². The number of amides is 1. The molecule has 4 nitrogen and oxygen atoms in total. The number of ketones is 1. The fourth-order valence-corrected chi connectivity index (χ4v) is 6.92. The van der Waals surface area contributed by atoms with E-state index in [0.717, 1.165) is 65.0 Å². The first-order valence-electron chi connectivity index (χ1n) is 17.2. The average Bonchev–Trinajstić information content (AvgIpc) is 3.12. The highest BCUT2D eigenvalue weighted by Gasteiger charge is 2.32. The highest BCUT2D eigenvalue weighted by atomic mass is 16.2. The van der Waals surface area contributed by atoms with Gasteiger partial charge in [-0.2, -0.15) is 0 Å². The normalized spacial score (nSPS) is 14.4. The first kappa shape index (κ1) is 33.0. The zero-order chi connectivity index (χ0) is 33.5. The second kappa shape index (κ2) is 14.9. The molecule has 0 aromatic heterocycles. The van der Waals surface area contributed by atoms with Gasteiger partial charge in [0.15, 0.2) is 5.78 Å². The minimum absolute atomic E-state index is 0.0830. The van der Waals surface area contributed by atoms with Crippen LogP contribution in [0, 0.1) is 5.92 Å². The second-order valence-corrected chi connectivity index (χ2v) is 14.1. The van der Waals surface area contributed by atoms with Gasteiger partial charge in [0.25, 0.3) is 0 Å². The summed E-state index contributed by atoms with van der Waals surface area (Å²) in [5.41, 5.74) is 8.52. The molecular formula is C44H46N2O2. The Morgan fingerprint density at radius 1 is 0.708 bits per heavy atom. The number of carbonyl (C=O) groups is 2. The van der Waals surface area contributed by atoms with Crippen molar-refractivity contribution in [3.8, 4) is 11.1 Å². The van der Waals surface area contributed by atoms with Crippen LogP contribution < -0.4 is 10.2 Å². The van der Waals surface area contributed by atoms with Crippen LogP contribution in [0.1, 0.15) is 72.1 Å². The SMILES string of the molecule is CC(C)(C)c1ccc(-c2ccccc2C(=O)Cc2ccc(N3CCC(C(C(=O)NCc4ccccc4)c4ccccc4)CC3)cc2)cc1. The van der Waals surface area contributed by atoms with Crippen LogP contribution in [0.2, 0.25) is 0 Å². The number of hydrogen-bond acceptors (Lipinski definition) is 3. The van der Waals surface area contributed by atoms with E-state index in [1.54, 1.807) is 0 Å². The standard InChI is InChI=1S/C44H46N2O2/c1-44(2,3)37-22-20-34(21-23-37)39-16-10-11-17-40(39)41(47)30-32-18-24-38(25-19-32)46-28-26-36(27-29-46)42(35-14-8-5-9-15-35)43(48)45-31-33-12-6-4-7-13-33/h4-25,36,42H,26-31H2,1-3H3,(H,45,48). The summed E-state index contributed by atoms with van der Waals surface area (Å²) in [6, 6.07) is 45.3. The molecule has 1 heterocycles. The average molecular weight is 635 g/mol. The van der Waals surface area contributed by atoms with E-state index in [4.69, 9.17) is 0 Å². The van der Waals surface area contributed by atoms with Crippen molar-refractivity contribution in [2.24, 2.45) is 5.92 Å².